The van der Waals surface area contributed by atoms with Crippen molar-refractivity contribution in [1.82, 2.24) is 14.9 Å². The van der Waals surface area contributed by atoms with Crippen LogP contribution in [0.25, 0.3) is 16.6 Å². The van der Waals surface area contributed by atoms with Crippen LogP contribution in [0.3, 0.4) is 0 Å². The highest BCUT2D eigenvalue weighted by atomic mass is 79.9. The molecule has 0 aliphatic carbocycles. The first-order valence-corrected chi connectivity index (χ1v) is 8.97. The van der Waals surface area contributed by atoms with Crippen molar-refractivity contribution in [3.05, 3.63) is 58.6 Å². The number of pyridine rings is 1. The molecule has 3 aromatic rings. The number of nitrogens with one attached hydrogen (secondary N) is 2. The zero-order chi connectivity index (χ0) is 17.4. The molecule has 0 saturated carbocycles. The molecule has 0 radical (unpaired) electrons. The normalized spacial score (nSPS) is 15.4. The minimum absolute atomic E-state index is 0.274. The zero-order valence-electron chi connectivity index (χ0n) is 13.8. The monoisotopic (exact) mass is 400 g/mol. The largest absolute Gasteiger partial charge is 0.355 e. The third kappa shape index (κ3) is 3.32. The van der Waals surface area contributed by atoms with E-state index < -0.39 is 0 Å². The third-order valence-corrected chi connectivity index (χ3v) is 5.10. The van der Waals surface area contributed by atoms with Gasteiger partial charge in [-0.05, 0) is 65.3 Å². The lowest BCUT2D eigenvalue weighted by atomic mass is 10.1. The van der Waals surface area contributed by atoms with Crippen LogP contribution in [0.15, 0.2) is 47.1 Å². The van der Waals surface area contributed by atoms with Crippen LogP contribution in [-0.2, 0) is 0 Å². The van der Waals surface area contributed by atoms with Crippen molar-refractivity contribution >= 4 is 43.9 Å². The molecule has 4 nitrogen and oxygen atoms in total. The summed E-state index contributed by atoms with van der Waals surface area (Å²) in [5, 5.41) is 4.38. The van der Waals surface area contributed by atoms with Gasteiger partial charge in [0.15, 0.2) is 0 Å². The number of H-pyrrole nitrogens is 1. The van der Waals surface area contributed by atoms with Crippen molar-refractivity contribution in [3.8, 4) is 0 Å². The number of hydrogen-bond donors (Lipinski definition) is 2. The number of anilines is 2. The maximum atomic E-state index is 13.4. The number of likely N-dealkylation sites (N-methyl/N-ethyl adjacent to an activating group) is 1. The third-order valence-electron chi connectivity index (χ3n) is 4.49. The predicted octanol–water partition coefficient (Wildman–Crippen LogP) is 4.93. The molecule has 2 aromatic heterocycles. The number of nitrogens with zero attached hydrogens (tertiary/aromatic N) is 2. The molecule has 1 aliphatic heterocycles. The Balaban J connectivity index is 1.69. The maximum absolute atomic E-state index is 13.4. The number of halogens is 2. The summed E-state index contributed by atoms with van der Waals surface area (Å²) < 4.78 is 13.9. The van der Waals surface area contributed by atoms with E-state index in [4.69, 9.17) is 0 Å². The predicted molar refractivity (Wildman–Crippen MR) is 104 cm³/mol. The van der Waals surface area contributed by atoms with Gasteiger partial charge in [-0.1, -0.05) is 6.08 Å². The van der Waals surface area contributed by atoms with E-state index in [-0.39, 0.29) is 5.82 Å². The Morgan fingerprint density at radius 3 is 2.92 bits per heavy atom. The summed E-state index contributed by atoms with van der Waals surface area (Å²) in [5.74, 6) is -0.274. The van der Waals surface area contributed by atoms with E-state index in [1.54, 1.807) is 18.3 Å². The average Bonchev–Trinajstić information content (AvgIpc) is 3.04. The van der Waals surface area contributed by atoms with Crippen LogP contribution >= 0.6 is 15.9 Å². The van der Waals surface area contributed by atoms with Crippen molar-refractivity contribution in [2.24, 2.45) is 0 Å². The molecule has 4 rings (SSSR count). The van der Waals surface area contributed by atoms with E-state index in [1.165, 1.54) is 11.6 Å². The molecule has 0 bridgehead atoms. The highest BCUT2D eigenvalue weighted by molar-refractivity contribution is 9.10. The number of fused-ring (bicyclic) bond motifs is 1. The first kappa shape index (κ1) is 16.3. The number of aromatic amines is 1. The van der Waals surface area contributed by atoms with E-state index in [0.717, 1.165) is 47.6 Å². The molecular weight excluding hydrogens is 383 g/mol. The summed E-state index contributed by atoms with van der Waals surface area (Å²) >= 11 is 3.23. The Morgan fingerprint density at radius 2 is 2.16 bits per heavy atom. The van der Waals surface area contributed by atoms with Crippen LogP contribution in [0.1, 0.15) is 12.1 Å². The Morgan fingerprint density at radius 1 is 1.28 bits per heavy atom. The molecule has 128 valence electrons. The smallest absolute Gasteiger partial charge is 0.139 e. The lowest BCUT2D eigenvalue weighted by Gasteiger charge is -2.21. The average molecular weight is 401 g/mol. The topological polar surface area (TPSA) is 44.0 Å². The number of aromatic nitrogens is 2. The lowest BCUT2D eigenvalue weighted by molar-refractivity contribution is 0.370. The number of hydrogen-bond acceptors (Lipinski definition) is 3. The Hall–Kier alpha value is -2.18. The SMILES string of the molecule is CN1CC=C(c2cc3c(Nc4ccc(F)c(Br)c4)ccnc3[nH]2)CC1. The summed E-state index contributed by atoms with van der Waals surface area (Å²) in [5.41, 5.74) is 5.05. The van der Waals surface area contributed by atoms with Crippen molar-refractivity contribution in [2.75, 3.05) is 25.5 Å². The van der Waals surface area contributed by atoms with E-state index >= 15 is 0 Å². The molecule has 0 spiro atoms. The van der Waals surface area contributed by atoms with Gasteiger partial charge in [0.05, 0.1) is 10.2 Å². The van der Waals surface area contributed by atoms with Crippen molar-refractivity contribution < 1.29 is 4.39 Å². The standard InChI is InChI=1S/C19H18BrFN4/c1-25-8-5-12(6-9-25)18-11-14-17(4-7-22-19(14)24-18)23-13-2-3-16(21)15(20)10-13/h2-5,7,10-11H,6,8-9H2,1H3,(H2,22,23,24). The van der Waals surface area contributed by atoms with Gasteiger partial charge in [0.2, 0.25) is 0 Å². The van der Waals surface area contributed by atoms with Gasteiger partial charge in [-0.2, -0.15) is 0 Å². The van der Waals surface area contributed by atoms with Crippen molar-refractivity contribution in [3.63, 3.8) is 0 Å². The van der Waals surface area contributed by atoms with Crippen molar-refractivity contribution in [2.45, 2.75) is 6.42 Å². The molecule has 0 saturated heterocycles. The van der Waals surface area contributed by atoms with E-state index in [1.807, 2.05) is 6.07 Å². The molecule has 2 N–H and O–H groups in total. The molecule has 0 amide bonds. The highest BCUT2D eigenvalue weighted by Crippen LogP contribution is 2.31. The Labute approximate surface area is 153 Å². The molecule has 1 aliphatic rings. The molecule has 25 heavy (non-hydrogen) atoms. The van der Waals surface area contributed by atoms with Gasteiger partial charge in [-0.25, -0.2) is 9.37 Å². The van der Waals surface area contributed by atoms with Crippen LogP contribution in [-0.4, -0.2) is 35.0 Å². The van der Waals surface area contributed by atoms with Crippen LogP contribution in [0.4, 0.5) is 15.8 Å². The van der Waals surface area contributed by atoms with Crippen LogP contribution in [0.5, 0.6) is 0 Å². The van der Waals surface area contributed by atoms with Gasteiger partial charge in [-0.3, -0.25) is 0 Å². The fourth-order valence-corrected chi connectivity index (χ4v) is 3.43. The molecule has 1 aromatic carbocycles. The molecule has 0 atom stereocenters. The fourth-order valence-electron chi connectivity index (χ4n) is 3.05. The van der Waals surface area contributed by atoms with Gasteiger partial charge >= 0.3 is 0 Å². The number of benzene rings is 1. The Kier molecular flexibility index (Phi) is 4.31. The molecule has 0 fully saturated rings. The van der Waals surface area contributed by atoms with Gasteiger partial charge < -0.3 is 15.2 Å². The quantitative estimate of drug-likeness (QED) is 0.655. The molecule has 3 heterocycles. The van der Waals surface area contributed by atoms with Crippen molar-refractivity contribution in [1.29, 1.82) is 0 Å². The minimum Gasteiger partial charge on any atom is -0.355 e. The summed E-state index contributed by atoms with van der Waals surface area (Å²) in [6, 6.07) is 8.96. The molecular formula is C19H18BrFN4. The summed E-state index contributed by atoms with van der Waals surface area (Å²) in [7, 11) is 2.13. The Bertz CT molecular complexity index is 963. The maximum Gasteiger partial charge on any atom is 0.139 e. The van der Waals surface area contributed by atoms with Gasteiger partial charge in [0, 0.05) is 36.1 Å². The highest BCUT2D eigenvalue weighted by Gasteiger charge is 2.14. The number of rotatable bonds is 3. The lowest BCUT2D eigenvalue weighted by Crippen LogP contribution is -2.23. The van der Waals surface area contributed by atoms with E-state index in [2.05, 4.69) is 55.3 Å². The second kappa shape index (κ2) is 6.61. The van der Waals surface area contributed by atoms with Gasteiger partial charge in [0.25, 0.3) is 0 Å². The summed E-state index contributed by atoms with van der Waals surface area (Å²) in [6.45, 7) is 2.02. The minimum atomic E-state index is -0.274. The summed E-state index contributed by atoms with van der Waals surface area (Å²) in [4.78, 5) is 10.2. The van der Waals surface area contributed by atoms with Crippen LogP contribution in [0.2, 0.25) is 0 Å². The van der Waals surface area contributed by atoms with E-state index in [0.29, 0.717) is 4.47 Å². The zero-order valence-corrected chi connectivity index (χ0v) is 15.4. The molecule has 6 heteroatoms. The fraction of sp³-hybridized carbons (Fsp3) is 0.211. The van der Waals surface area contributed by atoms with Crippen LogP contribution < -0.4 is 5.32 Å². The van der Waals surface area contributed by atoms with Gasteiger partial charge in [-0.15, -0.1) is 0 Å². The van der Waals surface area contributed by atoms with Crippen LogP contribution in [0, 0.1) is 5.82 Å². The first-order valence-electron chi connectivity index (χ1n) is 8.18. The second-order valence-electron chi connectivity index (χ2n) is 6.30. The first-order chi connectivity index (χ1) is 12.1. The molecule has 0 unspecified atom stereocenters. The summed E-state index contributed by atoms with van der Waals surface area (Å²) in [6.07, 6.45) is 5.06. The second-order valence-corrected chi connectivity index (χ2v) is 7.15. The van der Waals surface area contributed by atoms with E-state index in [9.17, 15) is 4.39 Å². The van der Waals surface area contributed by atoms with Gasteiger partial charge in [0.1, 0.15) is 11.5 Å².